The van der Waals surface area contributed by atoms with Crippen LogP contribution in [0.1, 0.15) is 57.9 Å². The smallest absolute Gasteiger partial charge is 0.319 e. The molecule has 2 amide bonds. The summed E-state index contributed by atoms with van der Waals surface area (Å²) in [5.41, 5.74) is -1.19. The van der Waals surface area contributed by atoms with Crippen molar-refractivity contribution in [3.63, 3.8) is 0 Å². The van der Waals surface area contributed by atoms with Crippen LogP contribution in [0, 0.1) is 17.0 Å². The molecule has 0 bridgehead atoms. The Morgan fingerprint density at radius 2 is 1.85 bits per heavy atom. The SMILES string of the molecule is CCc1c(F)ccc2cc(OCOC)cc(-c3ncc4c(N(C)CCCC(=O)N(C)C(C)=O)nc(OC[C@@]56CCCN5C[C@@]5(CC5(F)F)C6)nc4c3F)c12. The number of amides is 2. The zero-order chi connectivity index (χ0) is 38.6. The van der Waals surface area contributed by atoms with E-state index in [1.54, 1.807) is 30.1 Å². The highest BCUT2D eigenvalue weighted by atomic mass is 19.3. The van der Waals surface area contributed by atoms with Crippen LogP contribution in [0.2, 0.25) is 0 Å². The minimum atomic E-state index is -2.70. The normalized spacial score (nSPS) is 21.5. The number of fused-ring (bicyclic) bond motifs is 3. The minimum absolute atomic E-state index is 0.0492. The van der Waals surface area contributed by atoms with E-state index < -0.39 is 28.5 Å². The van der Waals surface area contributed by atoms with Crippen molar-refractivity contribution in [2.75, 3.05) is 59.1 Å². The molecule has 3 aliphatic rings. The van der Waals surface area contributed by atoms with Gasteiger partial charge in [0.05, 0.1) is 16.3 Å². The van der Waals surface area contributed by atoms with Gasteiger partial charge < -0.3 is 19.1 Å². The molecular weight excluding hydrogens is 708 g/mol. The first-order valence-electron chi connectivity index (χ1n) is 18.2. The first kappa shape index (κ1) is 37.7. The van der Waals surface area contributed by atoms with E-state index >= 15 is 8.78 Å². The van der Waals surface area contributed by atoms with Gasteiger partial charge in [-0.25, -0.2) is 17.6 Å². The Morgan fingerprint density at radius 1 is 1.07 bits per heavy atom. The predicted octanol–water partition coefficient (Wildman–Crippen LogP) is 6.53. The van der Waals surface area contributed by atoms with Crippen molar-refractivity contribution in [1.29, 1.82) is 0 Å². The number of carbonyl (C=O) groups is 2. The number of hydrogen-bond donors (Lipinski definition) is 0. The molecule has 3 fully saturated rings. The van der Waals surface area contributed by atoms with Crippen molar-refractivity contribution in [2.24, 2.45) is 5.41 Å². The zero-order valence-electron chi connectivity index (χ0n) is 31.1. The maximum atomic E-state index is 17.1. The summed E-state index contributed by atoms with van der Waals surface area (Å²) in [5, 5.41) is 1.35. The molecule has 0 N–H and O–H groups in total. The second kappa shape index (κ2) is 14.2. The third-order valence-corrected chi connectivity index (χ3v) is 11.4. The van der Waals surface area contributed by atoms with E-state index in [-0.39, 0.29) is 66.5 Å². The standard InChI is InChI=1S/C39H44F4N6O5/c1-6-26-29(40)11-10-24-15-25(54-22-52-5)16-27(31(24)26)33-32(41)34-28(17-44-33)35(47(3)13-7-9-30(51)48(4)23(2)50)46-36(45-34)53-21-38-12-8-14-49(38)20-37(18-38)19-39(37,42)43/h10-11,15-17H,6-9,12-14,18-22H2,1-5H3/t37-,38-/m0/s1. The quantitative estimate of drug-likeness (QED) is 0.110. The number of imide groups is 1. The van der Waals surface area contributed by atoms with Gasteiger partial charge in [0, 0.05) is 65.8 Å². The second-order valence-electron chi connectivity index (χ2n) is 14.9. The Labute approximate surface area is 310 Å². The van der Waals surface area contributed by atoms with Gasteiger partial charge in [-0.05, 0) is 73.2 Å². The molecule has 2 saturated heterocycles. The molecule has 1 spiro atoms. The maximum absolute atomic E-state index is 17.1. The summed E-state index contributed by atoms with van der Waals surface area (Å²) in [6, 6.07) is 6.14. The molecule has 0 unspecified atom stereocenters. The summed E-state index contributed by atoms with van der Waals surface area (Å²) >= 11 is 0. The highest BCUT2D eigenvalue weighted by Gasteiger charge is 2.77. The first-order chi connectivity index (χ1) is 25.7. The largest absolute Gasteiger partial charge is 0.468 e. The average Bonchev–Trinajstić information content (AvgIpc) is 3.35. The third kappa shape index (κ3) is 6.58. The molecule has 2 aromatic carbocycles. The lowest BCUT2D eigenvalue weighted by Gasteiger charge is -2.31. The van der Waals surface area contributed by atoms with Crippen LogP contribution in [0.4, 0.5) is 23.4 Å². The number of alkyl halides is 2. The number of aryl methyl sites for hydroxylation is 1. The van der Waals surface area contributed by atoms with Crippen molar-refractivity contribution in [1.82, 2.24) is 24.8 Å². The van der Waals surface area contributed by atoms with Crippen LogP contribution >= 0.6 is 0 Å². The molecule has 2 aliphatic heterocycles. The van der Waals surface area contributed by atoms with Gasteiger partial charge in [0.2, 0.25) is 11.8 Å². The lowest BCUT2D eigenvalue weighted by Crippen LogP contribution is -2.43. The van der Waals surface area contributed by atoms with Crippen molar-refractivity contribution in [3.8, 4) is 23.0 Å². The average molecular weight is 753 g/mol. The number of rotatable bonds is 13. The number of aromatic nitrogens is 3. The fourth-order valence-electron chi connectivity index (χ4n) is 8.36. The van der Waals surface area contributed by atoms with Gasteiger partial charge in [0.15, 0.2) is 12.6 Å². The monoisotopic (exact) mass is 752 g/mol. The number of methoxy groups -OCH3 is 1. The number of anilines is 1. The van der Waals surface area contributed by atoms with Gasteiger partial charge in [0.1, 0.15) is 35.2 Å². The minimum Gasteiger partial charge on any atom is -0.468 e. The second-order valence-corrected chi connectivity index (χ2v) is 14.9. The molecule has 7 rings (SSSR count). The van der Waals surface area contributed by atoms with E-state index in [0.29, 0.717) is 73.0 Å². The number of halogens is 4. The number of benzene rings is 2. The summed E-state index contributed by atoms with van der Waals surface area (Å²) in [6.07, 6.45) is 3.90. The van der Waals surface area contributed by atoms with Gasteiger partial charge in [-0.1, -0.05) is 13.0 Å². The predicted molar refractivity (Wildman–Crippen MR) is 194 cm³/mol. The van der Waals surface area contributed by atoms with E-state index in [4.69, 9.17) is 14.2 Å². The molecule has 15 heteroatoms. The topological polar surface area (TPSA) is 110 Å². The Kier molecular flexibility index (Phi) is 9.92. The summed E-state index contributed by atoms with van der Waals surface area (Å²) in [4.78, 5) is 42.9. The maximum Gasteiger partial charge on any atom is 0.319 e. The van der Waals surface area contributed by atoms with Gasteiger partial charge in [-0.2, -0.15) is 9.97 Å². The number of carbonyl (C=O) groups excluding carboxylic acids is 2. The molecule has 1 aliphatic carbocycles. The molecular formula is C39H44F4N6O5. The molecule has 2 atom stereocenters. The Balaban J connectivity index is 1.30. The first-order valence-corrected chi connectivity index (χ1v) is 18.2. The lowest BCUT2D eigenvalue weighted by atomic mass is 9.89. The van der Waals surface area contributed by atoms with E-state index in [0.717, 1.165) is 11.3 Å². The van der Waals surface area contributed by atoms with E-state index in [9.17, 15) is 18.4 Å². The summed E-state index contributed by atoms with van der Waals surface area (Å²) in [5.74, 6) is -4.02. The molecule has 4 heterocycles. The number of ether oxygens (including phenoxy) is 3. The molecule has 4 aromatic rings. The number of hydrogen-bond acceptors (Lipinski definition) is 10. The summed E-state index contributed by atoms with van der Waals surface area (Å²) in [7, 11) is 4.62. The Bertz CT molecular complexity index is 2140. The van der Waals surface area contributed by atoms with Crippen molar-refractivity contribution < 1.29 is 41.4 Å². The molecule has 2 aromatic heterocycles. The highest BCUT2D eigenvalue weighted by molar-refractivity contribution is 6.02. The molecule has 54 heavy (non-hydrogen) atoms. The fourth-order valence-corrected chi connectivity index (χ4v) is 8.36. The van der Waals surface area contributed by atoms with Crippen molar-refractivity contribution in [2.45, 2.75) is 70.3 Å². The number of pyridine rings is 1. The van der Waals surface area contributed by atoms with Crippen LogP contribution in [0.15, 0.2) is 30.5 Å². The van der Waals surface area contributed by atoms with E-state index in [1.807, 2.05) is 6.92 Å². The van der Waals surface area contributed by atoms with Gasteiger partial charge in [-0.15, -0.1) is 0 Å². The molecule has 288 valence electrons. The van der Waals surface area contributed by atoms with Crippen LogP contribution in [-0.2, 0) is 20.7 Å². The van der Waals surface area contributed by atoms with Crippen LogP contribution in [0.25, 0.3) is 32.9 Å². The van der Waals surface area contributed by atoms with Crippen molar-refractivity contribution in [3.05, 3.63) is 47.7 Å². The zero-order valence-corrected chi connectivity index (χ0v) is 31.1. The molecule has 11 nitrogen and oxygen atoms in total. The van der Waals surface area contributed by atoms with Crippen LogP contribution in [0.5, 0.6) is 11.8 Å². The van der Waals surface area contributed by atoms with E-state index in [2.05, 4.69) is 19.9 Å². The molecule has 0 radical (unpaired) electrons. The fraction of sp³-hybridized carbons (Fsp3) is 0.513. The van der Waals surface area contributed by atoms with Gasteiger partial charge in [-0.3, -0.25) is 24.4 Å². The third-order valence-electron chi connectivity index (χ3n) is 11.4. The van der Waals surface area contributed by atoms with Crippen LogP contribution in [0.3, 0.4) is 0 Å². The van der Waals surface area contributed by atoms with Crippen LogP contribution < -0.4 is 14.4 Å². The van der Waals surface area contributed by atoms with Gasteiger partial charge in [0.25, 0.3) is 5.92 Å². The Morgan fingerprint density at radius 3 is 2.56 bits per heavy atom. The number of nitrogens with zero attached hydrogens (tertiary/aromatic N) is 6. The Hall–Kier alpha value is -4.63. The summed E-state index contributed by atoms with van der Waals surface area (Å²) < 4.78 is 78.5. The van der Waals surface area contributed by atoms with Gasteiger partial charge >= 0.3 is 6.01 Å². The molecule has 1 saturated carbocycles. The van der Waals surface area contributed by atoms with Crippen molar-refractivity contribution >= 4 is 39.3 Å². The summed E-state index contributed by atoms with van der Waals surface area (Å²) in [6.45, 7) is 4.39. The highest BCUT2D eigenvalue weighted by Crippen LogP contribution is 2.69. The lowest BCUT2D eigenvalue weighted by molar-refractivity contribution is -0.141. The van der Waals surface area contributed by atoms with Crippen LogP contribution in [-0.4, -0.2) is 102 Å². The van der Waals surface area contributed by atoms with E-state index in [1.165, 1.54) is 33.3 Å².